The van der Waals surface area contributed by atoms with Gasteiger partial charge in [0.25, 0.3) is 0 Å². The highest BCUT2D eigenvalue weighted by molar-refractivity contribution is 14.1. The minimum Gasteiger partial charge on any atom is -0.382 e. The molecule has 180 valence electrons. The fourth-order valence-corrected chi connectivity index (χ4v) is 5.28. The van der Waals surface area contributed by atoms with Gasteiger partial charge in [0.1, 0.15) is 0 Å². The van der Waals surface area contributed by atoms with Crippen molar-refractivity contribution in [2.45, 2.75) is 105 Å². The quantitative estimate of drug-likeness (QED) is 0.271. The Balaban J connectivity index is 2.16. The van der Waals surface area contributed by atoms with Crippen LogP contribution in [-0.4, -0.2) is 58.1 Å². The summed E-state index contributed by atoms with van der Waals surface area (Å²) in [6, 6.07) is 11.4. The lowest BCUT2D eigenvalue weighted by atomic mass is 10.0. The van der Waals surface area contributed by atoms with Crippen LogP contribution in [0.15, 0.2) is 30.5 Å². The van der Waals surface area contributed by atoms with E-state index in [1.807, 2.05) is 6.20 Å². The fraction of sp³-hybridized carbons (Fsp3) is 0.667. The molecule has 0 spiro atoms. The molecule has 0 amide bonds. The van der Waals surface area contributed by atoms with Crippen LogP contribution in [0.25, 0.3) is 10.9 Å². The molecule has 32 heavy (non-hydrogen) atoms. The SMILES string of the molecule is CC(C)N(CCCC(CCN(C(C)C)C(C)C)Nc1ccnc2cc(I)ccc12)C(C)C. The fourth-order valence-electron chi connectivity index (χ4n) is 4.81. The molecule has 1 atom stereocenters. The van der Waals surface area contributed by atoms with Crippen molar-refractivity contribution in [1.29, 1.82) is 0 Å². The molecule has 0 saturated heterocycles. The molecule has 2 rings (SSSR count). The van der Waals surface area contributed by atoms with Crippen molar-refractivity contribution in [3.8, 4) is 0 Å². The standard InChI is InChI=1S/C27H45IN4/c1-19(2)31(20(3)4)16-9-10-24(14-17-32(21(5)6)22(7)8)30-26-13-15-29-27-18-23(28)11-12-25(26)27/h11-13,15,18-22,24H,9-10,14,16-17H2,1-8H3,(H,29,30). The van der Waals surface area contributed by atoms with Crippen LogP contribution in [0.2, 0.25) is 0 Å². The molecule has 0 radical (unpaired) electrons. The zero-order valence-electron chi connectivity index (χ0n) is 21.5. The molecule has 0 bridgehead atoms. The number of pyridine rings is 1. The number of rotatable bonds is 13. The molecule has 1 heterocycles. The molecule has 0 fully saturated rings. The zero-order chi connectivity index (χ0) is 23.8. The normalized spacial score (nSPS) is 13.5. The summed E-state index contributed by atoms with van der Waals surface area (Å²) >= 11 is 2.36. The molecule has 4 nitrogen and oxygen atoms in total. The summed E-state index contributed by atoms with van der Waals surface area (Å²) in [5.41, 5.74) is 2.28. The number of hydrogen-bond acceptors (Lipinski definition) is 4. The van der Waals surface area contributed by atoms with E-state index in [-0.39, 0.29) is 0 Å². The predicted octanol–water partition coefficient (Wildman–Crippen LogP) is 7.03. The third kappa shape index (κ3) is 8.14. The Morgan fingerprint density at radius 2 is 1.41 bits per heavy atom. The predicted molar refractivity (Wildman–Crippen MR) is 150 cm³/mol. The lowest BCUT2D eigenvalue weighted by molar-refractivity contribution is 0.162. The Morgan fingerprint density at radius 1 is 0.812 bits per heavy atom. The molecule has 1 aromatic heterocycles. The molecule has 1 unspecified atom stereocenters. The second-order valence-electron chi connectivity index (χ2n) is 10.1. The van der Waals surface area contributed by atoms with Crippen LogP contribution in [0.3, 0.4) is 0 Å². The highest BCUT2D eigenvalue weighted by Gasteiger charge is 2.19. The summed E-state index contributed by atoms with van der Waals surface area (Å²) in [5, 5.41) is 5.14. The highest BCUT2D eigenvalue weighted by atomic mass is 127. The van der Waals surface area contributed by atoms with Crippen molar-refractivity contribution in [2.75, 3.05) is 18.4 Å². The molecule has 0 saturated carbocycles. The number of anilines is 1. The minimum atomic E-state index is 0.445. The third-order valence-electron chi connectivity index (χ3n) is 6.42. The Bertz CT molecular complexity index is 802. The Labute approximate surface area is 210 Å². The third-order valence-corrected chi connectivity index (χ3v) is 7.09. The van der Waals surface area contributed by atoms with Gasteiger partial charge in [-0.3, -0.25) is 14.8 Å². The van der Waals surface area contributed by atoms with Crippen LogP contribution in [0.5, 0.6) is 0 Å². The minimum absolute atomic E-state index is 0.445. The average Bonchev–Trinajstić information content (AvgIpc) is 2.69. The topological polar surface area (TPSA) is 31.4 Å². The number of nitrogens with one attached hydrogen (secondary N) is 1. The molecular formula is C27H45IN4. The van der Waals surface area contributed by atoms with E-state index in [0.29, 0.717) is 30.2 Å². The lowest BCUT2D eigenvalue weighted by Crippen LogP contribution is -2.40. The van der Waals surface area contributed by atoms with Gasteiger partial charge >= 0.3 is 0 Å². The average molecular weight is 553 g/mol. The summed E-state index contributed by atoms with van der Waals surface area (Å²) in [5.74, 6) is 0. The first-order valence-electron chi connectivity index (χ1n) is 12.4. The zero-order valence-corrected chi connectivity index (χ0v) is 23.7. The monoisotopic (exact) mass is 552 g/mol. The van der Waals surface area contributed by atoms with Gasteiger partial charge in [-0.25, -0.2) is 0 Å². The van der Waals surface area contributed by atoms with Crippen LogP contribution in [0.1, 0.15) is 74.7 Å². The maximum absolute atomic E-state index is 4.60. The van der Waals surface area contributed by atoms with Crippen molar-refractivity contribution in [2.24, 2.45) is 0 Å². The van der Waals surface area contributed by atoms with Gasteiger partial charge in [-0.1, -0.05) is 0 Å². The molecule has 0 aliphatic rings. The Morgan fingerprint density at radius 3 is 2.00 bits per heavy atom. The van der Waals surface area contributed by atoms with E-state index in [1.165, 1.54) is 27.5 Å². The van der Waals surface area contributed by atoms with Crippen molar-refractivity contribution in [3.05, 3.63) is 34.0 Å². The van der Waals surface area contributed by atoms with E-state index in [2.05, 4.69) is 122 Å². The van der Waals surface area contributed by atoms with Crippen molar-refractivity contribution in [3.63, 3.8) is 0 Å². The second kappa shape index (κ2) is 13.1. The first-order chi connectivity index (χ1) is 15.1. The van der Waals surface area contributed by atoms with Crippen LogP contribution in [0, 0.1) is 3.57 Å². The number of hydrogen-bond donors (Lipinski definition) is 1. The van der Waals surface area contributed by atoms with Gasteiger partial charge in [-0.15, -0.1) is 0 Å². The van der Waals surface area contributed by atoms with E-state index >= 15 is 0 Å². The maximum Gasteiger partial charge on any atom is 0.0733 e. The van der Waals surface area contributed by atoms with Gasteiger partial charge in [0.05, 0.1) is 5.52 Å². The number of aromatic nitrogens is 1. The Hall–Kier alpha value is -0.920. The first-order valence-corrected chi connectivity index (χ1v) is 13.5. The summed E-state index contributed by atoms with van der Waals surface area (Å²) in [4.78, 5) is 9.81. The lowest BCUT2D eigenvalue weighted by Gasteiger charge is -2.33. The number of benzene rings is 1. The van der Waals surface area contributed by atoms with Crippen molar-refractivity contribution >= 4 is 39.2 Å². The summed E-state index contributed by atoms with van der Waals surface area (Å²) in [6.45, 7) is 20.7. The summed E-state index contributed by atoms with van der Waals surface area (Å²) in [7, 11) is 0. The molecule has 1 N–H and O–H groups in total. The van der Waals surface area contributed by atoms with Gasteiger partial charge in [-0.05, 0) is 128 Å². The molecule has 0 aliphatic carbocycles. The number of nitrogens with zero attached hydrogens (tertiary/aromatic N) is 3. The molecule has 1 aromatic carbocycles. The first kappa shape index (κ1) is 27.3. The molecule has 0 aliphatic heterocycles. The Kier molecular flexibility index (Phi) is 11.2. The van der Waals surface area contributed by atoms with Crippen LogP contribution in [0.4, 0.5) is 5.69 Å². The highest BCUT2D eigenvalue weighted by Crippen LogP contribution is 2.25. The molecule has 2 aromatic rings. The van der Waals surface area contributed by atoms with E-state index in [1.54, 1.807) is 0 Å². The van der Waals surface area contributed by atoms with Gasteiger partial charge < -0.3 is 5.32 Å². The van der Waals surface area contributed by atoms with Gasteiger partial charge in [0.2, 0.25) is 0 Å². The van der Waals surface area contributed by atoms with E-state index in [4.69, 9.17) is 0 Å². The smallest absolute Gasteiger partial charge is 0.0733 e. The van der Waals surface area contributed by atoms with Crippen LogP contribution < -0.4 is 5.32 Å². The van der Waals surface area contributed by atoms with Gasteiger partial charge in [-0.2, -0.15) is 0 Å². The largest absolute Gasteiger partial charge is 0.382 e. The van der Waals surface area contributed by atoms with E-state index in [0.717, 1.165) is 25.0 Å². The summed E-state index contributed by atoms with van der Waals surface area (Å²) < 4.78 is 1.23. The van der Waals surface area contributed by atoms with Crippen LogP contribution >= 0.6 is 22.6 Å². The molecular weight excluding hydrogens is 507 g/mol. The van der Waals surface area contributed by atoms with Crippen LogP contribution in [-0.2, 0) is 0 Å². The van der Waals surface area contributed by atoms with Gasteiger partial charge in [0, 0.05) is 57.6 Å². The summed E-state index contributed by atoms with van der Waals surface area (Å²) in [6.07, 6.45) is 5.46. The number of halogens is 1. The maximum atomic E-state index is 4.60. The van der Waals surface area contributed by atoms with E-state index < -0.39 is 0 Å². The van der Waals surface area contributed by atoms with Gasteiger partial charge in [0.15, 0.2) is 0 Å². The second-order valence-corrected chi connectivity index (χ2v) is 11.4. The number of fused-ring (bicyclic) bond motifs is 1. The van der Waals surface area contributed by atoms with Crippen molar-refractivity contribution in [1.82, 2.24) is 14.8 Å². The van der Waals surface area contributed by atoms with E-state index in [9.17, 15) is 0 Å². The van der Waals surface area contributed by atoms with Crippen molar-refractivity contribution < 1.29 is 0 Å². The molecule has 5 heteroatoms.